The molecule has 4 rings (SSSR count). The fraction of sp³-hybridized carbons (Fsp3) is 0.150. The Balaban J connectivity index is 0.00000196. The molecule has 26 heavy (non-hydrogen) atoms. The number of rotatable bonds is 4. The highest BCUT2D eigenvalue weighted by molar-refractivity contribution is 5.88. The molecule has 2 aromatic heterocycles. The monoisotopic (exact) mass is 366 g/mol. The van der Waals surface area contributed by atoms with E-state index in [4.69, 9.17) is 4.74 Å². The third kappa shape index (κ3) is 3.53. The van der Waals surface area contributed by atoms with Crippen LogP contribution in [-0.4, -0.2) is 26.9 Å². The summed E-state index contributed by atoms with van der Waals surface area (Å²) in [6.07, 6.45) is 5.55. The summed E-state index contributed by atoms with van der Waals surface area (Å²) >= 11 is 0. The first-order chi connectivity index (χ1) is 12.2. The number of imidazole rings is 1. The van der Waals surface area contributed by atoms with Crippen LogP contribution in [0.3, 0.4) is 0 Å². The smallest absolute Gasteiger partial charge is 0.119 e. The lowest BCUT2D eigenvalue weighted by Gasteiger charge is -2.08. The number of fused-ring (bicyclic) bond motifs is 1. The Bertz CT molecular complexity index is 1040. The lowest BCUT2D eigenvalue weighted by atomic mass is 10.0. The van der Waals surface area contributed by atoms with E-state index < -0.39 is 0 Å². The molecular formula is C20H19ClN4O. The van der Waals surface area contributed by atoms with Crippen molar-refractivity contribution in [1.29, 1.82) is 0 Å². The maximum Gasteiger partial charge on any atom is 0.119 e. The van der Waals surface area contributed by atoms with Gasteiger partial charge >= 0.3 is 0 Å². The second-order valence-electron chi connectivity index (χ2n) is 5.97. The number of methoxy groups -OCH3 is 1. The molecule has 0 aliphatic rings. The summed E-state index contributed by atoms with van der Waals surface area (Å²) in [6, 6.07) is 14.5. The minimum Gasteiger partial charge on any atom is -0.497 e. The molecule has 4 aromatic rings. The fourth-order valence-electron chi connectivity index (χ4n) is 2.92. The van der Waals surface area contributed by atoms with Crippen LogP contribution in [0.25, 0.3) is 21.9 Å². The number of nitrogens with zero attached hydrogens (tertiary/aromatic N) is 4. The van der Waals surface area contributed by atoms with Crippen LogP contribution in [0.4, 0.5) is 0 Å². The van der Waals surface area contributed by atoms with E-state index in [1.807, 2.05) is 25.3 Å². The van der Waals surface area contributed by atoms with E-state index in [-0.39, 0.29) is 12.4 Å². The molecule has 0 atom stereocenters. The van der Waals surface area contributed by atoms with E-state index in [2.05, 4.69) is 50.1 Å². The standard InChI is InChI=1S/C20H18N4O.ClH/c1-14-21-7-8-24(14)13-19-10-18(12-22-23-19)16-3-4-17-11-20(25-2)6-5-15(17)9-16;/h3-12H,13H2,1-2H3;1H. The lowest BCUT2D eigenvalue weighted by molar-refractivity contribution is 0.415. The number of aryl methyl sites for hydroxylation is 1. The first kappa shape index (κ1) is 17.9. The summed E-state index contributed by atoms with van der Waals surface area (Å²) in [7, 11) is 1.68. The highest BCUT2D eigenvalue weighted by Crippen LogP contribution is 2.27. The van der Waals surface area contributed by atoms with Crippen molar-refractivity contribution in [1.82, 2.24) is 19.7 Å². The van der Waals surface area contributed by atoms with Crippen molar-refractivity contribution < 1.29 is 4.74 Å². The van der Waals surface area contributed by atoms with E-state index in [9.17, 15) is 0 Å². The number of halogens is 1. The van der Waals surface area contributed by atoms with Crippen LogP contribution < -0.4 is 4.74 Å². The Morgan fingerprint density at radius 3 is 2.58 bits per heavy atom. The molecule has 0 bridgehead atoms. The molecular weight excluding hydrogens is 348 g/mol. The largest absolute Gasteiger partial charge is 0.497 e. The maximum atomic E-state index is 5.29. The third-order valence-corrected chi connectivity index (χ3v) is 4.34. The molecule has 2 heterocycles. The highest BCUT2D eigenvalue weighted by atomic mass is 35.5. The SMILES string of the molecule is COc1ccc2cc(-c3cnnc(Cn4ccnc4C)c3)ccc2c1.Cl. The van der Waals surface area contributed by atoms with Gasteiger partial charge in [-0.15, -0.1) is 12.4 Å². The summed E-state index contributed by atoms with van der Waals surface area (Å²) in [4.78, 5) is 4.25. The van der Waals surface area contributed by atoms with E-state index >= 15 is 0 Å². The van der Waals surface area contributed by atoms with Crippen molar-refractivity contribution >= 4 is 23.2 Å². The van der Waals surface area contributed by atoms with Gasteiger partial charge in [0.2, 0.25) is 0 Å². The van der Waals surface area contributed by atoms with Gasteiger partial charge in [0.25, 0.3) is 0 Å². The molecule has 0 aliphatic heterocycles. The second-order valence-corrected chi connectivity index (χ2v) is 5.97. The minimum atomic E-state index is 0. The number of hydrogen-bond acceptors (Lipinski definition) is 4. The van der Waals surface area contributed by atoms with Crippen molar-refractivity contribution in [2.75, 3.05) is 7.11 Å². The van der Waals surface area contributed by atoms with Crippen LogP contribution >= 0.6 is 12.4 Å². The van der Waals surface area contributed by atoms with E-state index in [1.54, 1.807) is 19.5 Å². The number of benzene rings is 2. The quantitative estimate of drug-likeness (QED) is 0.541. The lowest BCUT2D eigenvalue weighted by Crippen LogP contribution is -2.04. The second kappa shape index (κ2) is 7.54. The molecule has 132 valence electrons. The van der Waals surface area contributed by atoms with Crippen LogP contribution in [0, 0.1) is 6.92 Å². The summed E-state index contributed by atoms with van der Waals surface area (Å²) in [5.74, 6) is 1.83. The van der Waals surface area contributed by atoms with Crippen molar-refractivity contribution in [3.8, 4) is 16.9 Å². The number of ether oxygens (including phenoxy) is 1. The summed E-state index contributed by atoms with van der Waals surface area (Å²) in [5.41, 5.74) is 3.09. The Kier molecular flexibility index (Phi) is 5.19. The maximum absolute atomic E-state index is 5.29. The molecule has 0 N–H and O–H groups in total. The van der Waals surface area contributed by atoms with Crippen molar-refractivity contribution in [2.24, 2.45) is 0 Å². The van der Waals surface area contributed by atoms with Crippen molar-refractivity contribution in [3.05, 3.63) is 72.6 Å². The Labute approximate surface area is 158 Å². The number of aromatic nitrogens is 4. The first-order valence-corrected chi connectivity index (χ1v) is 8.10. The number of hydrogen-bond donors (Lipinski definition) is 0. The van der Waals surface area contributed by atoms with Gasteiger partial charge in [-0.05, 0) is 47.5 Å². The van der Waals surface area contributed by atoms with Crippen molar-refractivity contribution in [2.45, 2.75) is 13.5 Å². The van der Waals surface area contributed by atoms with Crippen LogP contribution in [0.1, 0.15) is 11.5 Å². The molecule has 0 fully saturated rings. The van der Waals surface area contributed by atoms with Gasteiger partial charge in [-0.1, -0.05) is 18.2 Å². The van der Waals surface area contributed by atoms with E-state index in [0.29, 0.717) is 6.54 Å². The molecule has 0 unspecified atom stereocenters. The Morgan fingerprint density at radius 2 is 1.81 bits per heavy atom. The summed E-state index contributed by atoms with van der Waals surface area (Å²) < 4.78 is 7.34. The normalized spacial score (nSPS) is 10.5. The van der Waals surface area contributed by atoms with Gasteiger partial charge in [-0.25, -0.2) is 4.98 Å². The zero-order valence-corrected chi connectivity index (χ0v) is 15.4. The van der Waals surface area contributed by atoms with Crippen LogP contribution in [0.2, 0.25) is 0 Å². The third-order valence-electron chi connectivity index (χ3n) is 4.34. The van der Waals surface area contributed by atoms with Crippen LogP contribution in [-0.2, 0) is 6.54 Å². The molecule has 0 radical (unpaired) electrons. The Morgan fingerprint density at radius 1 is 1.00 bits per heavy atom. The average molecular weight is 367 g/mol. The molecule has 0 amide bonds. The summed E-state index contributed by atoms with van der Waals surface area (Å²) in [6.45, 7) is 2.65. The van der Waals surface area contributed by atoms with Gasteiger partial charge in [0.1, 0.15) is 11.6 Å². The fourth-order valence-corrected chi connectivity index (χ4v) is 2.92. The minimum absolute atomic E-state index is 0. The zero-order chi connectivity index (χ0) is 17.2. The summed E-state index contributed by atoms with van der Waals surface area (Å²) in [5, 5.41) is 10.7. The van der Waals surface area contributed by atoms with Gasteiger partial charge in [0, 0.05) is 18.0 Å². The molecule has 6 heteroatoms. The molecule has 0 spiro atoms. The Hall–Kier alpha value is -2.92. The predicted molar refractivity (Wildman–Crippen MR) is 105 cm³/mol. The predicted octanol–water partition coefficient (Wildman–Crippen LogP) is 4.28. The van der Waals surface area contributed by atoms with Gasteiger partial charge in [0.05, 0.1) is 25.5 Å². The molecule has 0 aliphatic carbocycles. The van der Waals surface area contributed by atoms with Crippen molar-refractivity contribution in [3.63, 3.8) is 0 Å². The van der Waals surface area contributed by atoms with E-state index in [1.165, 1.54) is 5.39 Å². The highest BCUT2D eigenvalue weighted by Gasteiger charge is 2.06. The molecule has 0 saturated heterocycles. The molecule has 2 aromatic carbocycles. The average Bonchev–Trinajstić information content (AvgIpc) is 3.05. The van der Waals surface area contributed by atoms with Gasteiger partial charge in [-0.3, -0.25) is 0 Å². The van der Waals surface area contributed by atoms with Gasteiger partial charge < -0.3 is 9.30 Å². The topological polar surface area (TPSA) is 52.8 Å². The zero-order valence-electron chi connectivity index (χ0n) is 14.6. The van der Waals surface area contributed by atoms with Gasteiger partial charge in [0.15, 0.2) is 0 Å². The first-order valence-electron chi connectivity index (χ1n) is 8.10. The molecule has 5 nitrogen and oxygen atoms in total. The van der Waals surface area contributed by atoms with Crippen LogP contribution in [0.15, 0.2) is 61.1 Å². The van der Waals surface area contributed by atoms with E-state index in [0.717, 1.165) is 33.8 Å². The van der Waals surface area contributed by atoms with Crippen LogP contribution in [0.5, 0.6) is 5.75 Å². The van der Waals surface area contributed by atoms with Gasteiger partial charge in [-0.2, -0.15) is 10.2 Å². The molecule has 0 saturated carbocycles.